The molecule has 46 heavy (non-hydrogen) atoms. The number of aryl methyl sites for hydroxylation is 1. The Morgan fingerprint density at radius 1 is 1.09 bits per heavy atom. The number of piperidine rings is 1. The van der Waals surface area contributed by atoms with Crippen LogP contribution in [-0.2, 0) is 24.8 Å². The number of aromatic nitrogens is 4. The first-order valence-corrected chi connectivity index (χ1v) is 15.7. The fourth-order valence-corrected chi connectivity index (χ4v) is 6.57. The number of carbonyl (C=O) groups is 2. The van der Waals surface area contributed by atoms with Gasteiger partial charge in [0, 0.05) is 67.1 Å². The summed E-state index contributed by atoms with van der Waals surface area (Å²) >= 11 is 0. The number of imidazole rings is 1. The number of nitrogens with one attached hydrogen (secondary N) is 1. The number of alkyl halides is 1. The van der Waals surface area contributed by atoms with Crippen molar-refractivity contribution in [2.45, 2.75) is 44.4 Å². The average molecular weight is 624 g/mol. The minimum atomic E-state index is -1.14. The fourth-order valence-electron chi connectivity index (χ4n) is 6.57. The molecular formula is C35H38FN7O3. The molecule has 1 aliphatic carbocycles. The van der Waals surface area contributed by atoms with Crippen molar-refractivity contribution in [3.05, 3.63) is 66.0 Å². The second kappa shape index (κ2) is 11.9. The Hall–Kier alpha value is -4.77. The summed E-state index contributed by atoms with van der Waals surface area (Å²) < 4.78 is 24.4. The Morgan fingerprint density at radius 3 is 2.59 bits per heavy atom. The van der Waals surface area contributed by atoms with Gasteiger partial charge in [-0.05, 0) is 61.1 Å². The summed E-state index contributed by atoms with van der Waals surface area (Å²) in [5.41, 5.74) is 12.6. The molecule has 0 bridgehead atoms. The van der Waals surface area contributed by atoms with Crippen molar-refractivity contribution in [2.24, 2.45) is 18.7 Å². The van der Waals surface area contributed by atoms with Gasteiger partial charge in [0.2, 0.25) is 5.91 Å². The number of rotatable bonds is 8. The lowest BCUT2D eigenvalue weighted by Gasteiger charge is -2.33. The van der Waals surface area contributed by atoms with Crippen molar-refractivity contribution >= 4 is 33.8 Å². The van der Waals surface area contributed by atoms with Crippen molar-refractivity contribution in [2.75, 3.05) is 27.2 Å². The molecule has 2 aliphatic rings. The van der Waals surface area contributed by atoms with Crippen molar-refractivity contribution in [1.29, 1.82) is 0 Å². The van der Waals surface area contributed by atoms with Gasteiger partial charge in [0.1, 0.15) is 17.4 Å². The minimum Gasteiger partial charge on any atom is -0.494 e. The van der Waals surface area contributed by atoms with E-state index < -0.39 is 12.2 Å². The van der Waals surface area contributed by atoms with Gasteiger partial charge in [-0.2, -0.15) is 0 Å². The molecule has 1 saturated heterocycles. The van der Waals surface area contributed by atoms with Crippen LogP contribution in [0.15, 0.2) is 54.7 Å². The van der Waals surface area contributed by atoms with E-state index in [1.165, 1.54) is 17.7 Å². The van der Waals surface area contributed by atoms with Crippen molar-refractivity contribution < 1.29 is 18.7 Å². The van der Waals surface area contributed by atoms with Crippen LogP contribution < -0.4 is 15.8 Å². The van der Waals surface area contributed by atoms with Crippen LogP contribution in [0.1, 0.15) is 35.3 Å². The van der Waals surface area contributed by atoms with E-state index in [9.17, 15) is 14.0 Å². The second-order valence-electron chi connectivity index (χ2n) is 12.6. The number of hydrogen-bond donors (Lipinski definition) is 2. The zero-order valence-corrected chi connectivity index (χ0v) is 26.3. The molecule has 11 heteroatoms. The van der Waals surface area contributed by atoms with Gasteiger partial charge in [0.05, 0.1) is 31.3 Å². The number of hydrogen-bond acceptors (Lipinski definition) is 6. The Morgan fingerprint density at radius 2 is 1.89 bits per heavy atom. The number of likely N-dealkylation sites (tertiary alicyclic amines) is 1. The lowest BCUT2D eigenvalue weighted by atomic mass is 10.0. The Balaban J connectivity index is 1.29. The summed E-state index contributed by atoms with van der Waals surface area (Å²) in [6, 6.07) is 15.6. The number of ether oxygens (including phenoxy) is 1. The molecule has 2 aromatic carbocycles. The van der Waals surface area contributed by atoms with Gasteiger partial charge in [-0.1, -0.05) is 18.2 Å². The first kappa shape index (κ1) is 29.9. The number of amides is 2. The third kappa shape index (κ3) is 5.60. The topological polar surface area (TPSA) is 120 Å². The predicted octanol–water partition coefficient (Wildman–Crippen LogP) is 4.48. The Bertz CT molecular complexity index is 1950. The van der Waals surface area contributed by atoms with Gasteiger partial charge in [-0.3, -0.25) is 14.6 Å². The van der Waals surface area contributed by atoms with Crippen LogP contribution in [0.5, 0.6) is 5.75 Å². The zero-order valence-electron chi connectivity index (χ0n) is 26.3. The monoisotopic (exact) mass is 623 g/mol. The molecule has 4 heterocycles. The summed E-state index contributed by atoms with van der Waals surface area (Å²) in [5, 5.41) is 3.73. The quantitative estimate of drug-likeness (QED) is 0.263. The summed E-state index contributed by atoms with van der Waals surface area (Å²) in [7, 11) is 5.16. The van der Waals surface area contributed by atoms with Crippen LogP contribution in [0.2, 0.25) is 0 Å². The molecule has 2 fully saturated rings. The van der Waals surface area contributed by atoms with Crippen LogP contribution in [0.3, 0.4) is 0 Å². The van der Waals surface area contributed by atoms with Crippen molar-refractivity contribution in [1.82, 2.24) is 29.3 Å². The van der Waals surface area contributed by atoms with E-state index in [0.29, 0.717) is 29.3 Å². The highest BCUT2D eigenvalue weighted by Crippen LogP contribution is 2.39. The van der Waals surface area contributed by atoms with Crippen LogP contribution in [0.4, 0.5) is 4.39 Å². The van der Waals surface area contributed by atoms with E-state index in [1.54, 1.807) is 26.3 Å². The number of methoxy groups -OCH3 is 1. The number of likely N-dealkylation sites (N-methyl/N-ethyl adjacent to an activating group) is 1. The van der Waals surface area contributed by atoms with E-state index in [4.69, 9.17) is 15.5 Å². The molecule has 10 nitrogen and oxygen atoms in total. The average Bonchev–Trinajstić information content (AvgIpc) is 3.72. The van der Waals surface area contributed by atoms with Crippen LogP contribution in [0.25, 0.3) is 44.6 Å². The summed E-state index contributed by atoms with van der Waals surface area (Å²) in [6.07, 6.45) is 3.56. The summed E-state index contributed by atoms with van der Waals surface area (Å²) in [6.45, 7) is 1.21. The molecule has 0 radical (unpaired) electrons. The van der Waals surface area contributed by atoms with Crippen LogP contribution in [0, 0.1) is 5.92 Å². The molecule has 5 aromatic rings. The highest BCUT2D eigenvalue weighted by Gasteiger charge is 2.30. The van der Waals surface area contributed by atoms with Gasteiger partial charge < -0.3 is 29.8 Å². The Kier molecular flexibility index (Phi) is 7.72. The zero-order chi connectivity index (χ0) is 32.1. The highest BCUT2D eigenvalue weighted by molar-refractivity contribution is 6.00. The molecular weight excluding hydrogens is 585 g/mol. The van der Waals surface area contributed by atoms with Gasteiger partial charge in [-0.15, -0.1) is 0 Å². The maximum absolute atomic E-state index is 14.3. The van der Waals surface area contributed by atoms with Crippen LogP contribution in [-0.4, -0.2) is 75.3 Å². The van der Waals surface area contributed by atoms with E-state index in [-0.39, 0.29) is 31.2 Å². The molecule has 7 rings (SSSR count). The molecule has 3 N–H and O–H groups in total. The normalized spacial score (nSPS) is 18.3. The minimum absolute atomic E-state index is 0.0276. The van der Waals surface area contributed by atoms with Gasteiger partial charge >= 0.3 is 0 Å². The molecule has 3 aromatic heterocycles. The fraction of sp³-hybridized carbons (Fsp3) is 0.371. The number of fused-ring (bicyclic) bond motifs is 2. The number of carbonyl (C=O) groups excluding carboxylic acids is 2. The molecule has 1 saturated carbocycles. The number of nitrogens with zero attached hydrogens (tertiary/aromatic N) is 5. The molecule has 0 spiro atoms. The molecule has 238 valence electrons. The molecule has 1 aliphatic heterocycles. The highest BCUT2D eigenvalue weighted by atomic mass is 19.1. The first-order chi connectivity index (χ1) is 22.2. The second-order valence-corrected chi connectivity index (χ2v) is 12.6. The standard InChI is InChI=1S/C35H38FN7O3/c1-38-32(44)15-27-9-8-23(16-39-27)21-6-7-22-12-30(43(29(22)11-21)17-20-4-5-20)34-40-28-10-24(13-31(46-3)33(28)41(34)2)35(45)42-18-25(36)14-26(37)19-42/h6-13,16,20,25-26H,4-5,14-15,17-19,37H2,1-3H3,(H,38,44)/t25-,26-/m1/s1. The lowest BCUT2D eigenvalue weighted by molar-refractivity contribution is -0.120. The third-order valence-electron chi connectivity index (χ3n) is 9.17. The third-order valence-corrected chi connectivity index (χ3v) is 9.17. The van der Waals surface area contributed by atoms with Gasteiger partial charge in [0.15, 0.2) is 5.82 Å². The van der Waals surface area contributed by atoms with E-state index in [2.05, 4.69) is 39.1 Å². The van der Waals surface area contributed by atoms with Gasteiger partial charge in [0.25, 0.3) is 5.91 Å². The number of nitrogens with two attached hydrogens (primary N) is 1. The van der Waals surface area contributed by atoms with Crippen LogP contribution >= 0.6 is 0 Å². The lowest BCUT2D eigenvalue weighted by Crippen LogP contribution is -2.50. The first-order valence-electron chi connectivity index (χ1n) is 15.7. The molecule has 2 atom stereocenters. The van der Waals surface area contributed by atoms with Crippen molar-refractivity contribution in [3.8, 4) is 28.4 Å². The summed E-state index contributed by atoms with van der Waals surface area (Å²) in [4.78, 5) is 36.3. The van der Waals surface area contributed by atoms with Crippen molar-refractivity contribution in [3.63, 3.8) is 0 Å². The predicted molar refractivity (Wildman–Crippen MR) is 175 cm³/mol. The maximum atomic E-state index is 14.3. The number of halogens is 1. The molecule has 2 amide bonds. The molecule has 0 unspecified atom stereocenters. The van der Waals surface area contributed by atoms with E-state index >= 15 is 0 Å². The van der Waals surface area contributed by atoms with E-state index in [1.807, 2.05) is 29.9 Å². The SMILES string of the molecule is CNC(=O)Cc1ccc(-c2ccc3cc(-c4nc5cc(C(=O)N6C[C@H](N)C[C@@H](F)C6)cc(OC)c5n4C)n(CC4CC4)c3c2)cn1. The number of pyridine rings is 1. The largest absolute Gasteiger partial charge is 0.494 e. The smallest absolute Gasteiger partial charge is 0.254 e. The summed E-state index contributed by atoms with van der Waals surface area (Å²) in [5.74, 6) is 1.54. The maximum Gasteiger partial charge on any atom is 0.254 e. The number of benzene rings is 2. The van der Waals surface area contributed by atoms with E-state index in [0.717, 1.165) is 51.3 Å². The van der Waals surface area contributed by atoms with Gasteiger partial charge in [-0.25, -0.2) is 9.37 Å². The Labute approximate surface area is 266 Å².